The van der Waals surface area contributed by atoms with E-state index < -0.39 is 0 Å². The van der Waals surface area contributed by atoms with E-state index in [4.69, 9.17) is 0 Å². The van der Waals surface area contributed by atoms with E-state index in [0.29, 0.717) is 12.1 Å². The lowest BCUT2D eigenvalue weighted by atomic mass is 10.1. The number of aliphatic hydroxyl groups is 1. The van der Waals surface area contributed by atoms with Crippen molar-refractivity contribution in [3.63, 3.8) is 0 Å². The van der Waals surface area contributed by atoms with Gasteiger partial charge in [-0.1, -0.05) is 0 Å². The van der Waals surface area contributed by atoms with E-state index in [1.807, 2.05) is 0 Å². The highest BCUT2D eigenvalue weighted by molar-refractivity contribution is 4.92. The molecule has 0 amide bonds. The zero-order valence-corrected chi connectivity index (χ0v) is 6.95. The minimum absolute atomic E-state index is 0.0768. The third kappa shape index (κ3) is 1.41. The van der Waals surface area contributed by atoms with Gasteiger partial charge in [0.2, 0.25) is 0 Å². The molecule has 2 N–H and O–H groups in total. The van der Waals surface area contributed by atoms with Crippen LogP contribution in [0.4, 0.5) is 0 Å². The van der Waals surface area contributed by atoms with E-state index in [-0.39, 0.29) is 6.10 Å². The summed E-state index contributed by atoms with van der Waals surface area (Å²) in [6.45, 7) is 5.23. The van der Waals surface area contributed by atoms with E-state index in [2.05, 4.69) is 17.1 Å². The molecule has 2 saturated heterocycles. The summed E-state index contributed by atoms with van der Waals surface area (Å²) < 4.78 is 0. The number of nitrogens with one attached hydrogen (secondary N) is 1. The number of piperazine rings is 1. The normalized spacial score (nSPS) is 45.8. The highest BCUT2D eigenvalue weighted by atomic mass is 16.3. The van der Waals surface area contributed by atoms with Crippen LogP contribution >= 0.6 is 0 Å². The van der Waals surface area contributed by atoms with E-state index in [1.165, 1.54) is 0 Å². The highest BCUT2D eigenvalue weighted by Gasteiger charge is 2.34. The minimum Gasteiger partial charge on any atom is -0.392 e. The standard InChI is InChI=1S/C8H16N2O/c1-6-4-10-5-8(11)2-7(10)3-9-6/h6-9,11H,2-5H2,1H3/t6-,7-,8+/m1/s1. The molecule has 2 rings (SSSR count). The van der Waals surface area contributed by atoms with Crippen molar-refractivity contribution in [2.24, 2.45) is 0 Å². The predicted octanol–water partition coefficient (Wildman–Crippen LogP) is -0.587. The maximum Gasteiger partial charge on any atom is 0.0682 e. The van der Waals surface area contributed by atoms with Gasteiger partial charge in [0.15, 0.2) is 0 Å². The van der Waals surface area contributed by atoms with Crippen molar-refractivity contribution in [1.29, 1.82) is 0 Å². The van der Waals surface area contributed by atoms with Crippen molar-refractivity contribution >= 4 is 0 Å². The molecular formula is C8H16N2O. The summed E-state index contributed by atoms with van der Waals surface area (Å²) in [7, 11) is 0. The van der Waals surface area contributed by atoms with Gasteiger partial charge in [-0.3, -0.25) is 4.90 Å². The highest BCUT2D eigenvalue weighted by Crippen LogP contribution is 2.19. The second-order valence-corrected chi connectivity index (χ2v) is 3.81. The van der Waals surface area contributed by atoms with Crippen LogP contribution in [0.1, 0.15) is 13.3 Å². The first kappa shape index (κ1) is 7.53. The van der Waals surface area contributed by atoms with Gasteiger partial charge in [-0.25, -0.2) is 0 Å². The summed E-state index contributed by atoms with van der Waals surface area (Å²) in [5, 5.41) is 12.8. The molecule has 0 unspecified atom stereocenters. The molecule has 0 saturated carbocycles. The van der Waals surface area contributed by atoms with Crippen LogP contribution in [0.5, 0.6) is 0 Å². The van der Waals surface area contributed by atoms with Gasteiger partial charge in [0.05, 0.1) is 6.10 Å². The lowest BCUT2D eigenvalue weighted by molar-refractivity contribution is 0.157. The zero-order chi connectivity index (χ0) is 7.84. The van der Waals surface area contributed by atoms with Crippen LogP contribution in [0.3, 0.4) is 0 Å². The monoisotopic (exact) mass is 156 g/mol. The molecule has 0 aromatic rings. The van der Waals surface area contributed by atoms with Gasteiger partial charge >= 0.3 is 0 Å². The van der Waals surface area contributed by atoms with Gasteiger partial charge < -0.3 is 10.4 Å². The van der Waals surface area contributed by atoms with Crippen LogP contribution in [-0.2, 0) is 0 Å². The molecule has 0 radical (unpaired) electrons. The van der Waals surface area contributed by atoms with Gasteiger partial charge in [-0.05, 0) is 13.3 Å². The van der Waals surface area contributed by atoms with Crippen LogP contribution < -0.4 is 5.32 Å². The van der Waals surface area contributed by atoms with Crippen molar-refractivity contribution in [3.05, 3.63) is 0 Å². The van der Waals surface area contributed by atoms with Crippen LogP contribution in [0, 0.1) is 0 Å². The summed E-state index contributed by atoms with van der Waals surface area (Å²) in [6.07, 6.45) is 0.881. The van der Waals surface area contributed by atoms with Crippen molar-refractivity contribution in [3.8, 4) is 0 Å². The lowest BCUT2D eigenvalue weighted by Gasteiger charge is -2.33. The average molecular weight is 156 g/mol. The Hall–Kier alpha value is -0.120. The first-order valence-corrected chi connectivity index (χ1v) is 4.41. The fourth-order valence-electron chi connectivity index (χ4n) is 2.15. The molecule has 3 atom stereocenters. The first-order chi connectivity index (χ1) is 5.25. The molecular weight excluding hydrogens is 140 g/mol. The van der Waals surface area contributed by atoms with Crippen molar-refractivity contribution in [2.45, 2.75) is 31.5 Å². The molecule has 2 fully saturated rings. The molecule has 0 aromatic heterocycles. The molecule has 64 valence electrons. The Morgan fingerprint density at radius 2 is 2.27 bits per heavy atom. The van der Waals surface area contributed by atoms with Gasteiger partial charge in [-0.15, -0.1) is 0 Å². The van der Waals surface area contributed by atoms with Crippen LogP contribution in [0.25, 0.3) is 0 Å². The SMILES string of the molecule is C[C@@H]1CN2C[C@@H](O)C[C@@H]2CN1. The number of fused-ring (bicyclic) bond motifs is 1. The van der Waals surface area contributed by atoms with Crippen molar-refractivity contribution in [1.82, 2.24) is 10.2 Å². The van der Waals surface area contributed by atoms with Crippen LogP contribution in [-0.4, -0.2) is 47.8 Å². The predicted molar refractivity (Wildman–Crippen MR) is 43.4 cm³/mol. The smallest absolute Gasteiger partial charge is 0.0682 e. The third-order valence-electron chi connectivity index (χ3n) is 2.72. The van der Waals surface area contributed by atoms with E-state index in [0.717, 1.165) is 26.1 Å². The Morgan fingerprint density at radius 1 is 1.45 bits per heavy atom. The fraction of sp³-hybridized carbons (Fsp3) is 1.00. The van der Waals surface area contributed by atoms with Crippen LogP contribution in [0.15, 0.2) is 0 Å². The molecule has 11 heavy (non-hydrogen) atoms. The molecule has 2 aliphatic rings. The summed E-state index contributed by atoms with van der Waals surface area (Å²) >= 11 is 0. The van der Waals surface area contributed by atoms with Gasteiger partial charge in [-0.2, -0.15) is 0 Å². The van der Waals surface area contributed by atoms with Crippen LogP contribution in [0.2, 0.25) is 0 Å². The summed E-state index contributed by atoms with van der Waals surface area (Å²) in [6, 6.07) is 1.19. The molecule has 2 aliphatic heterocycles. The van der Waals surface area contributed by atoms with E-state index in [9.17, 15) is 5.11 Å². The Labute approximate surface area is 67.4 Å². The molecule has 3 nitrogen and oxygen atoms in total. The van der Waals surface area contributed by atoms with Gasteiger partial charge in [0.1, 0.15) is 0 Å². The van der Waals surface area contributed by atoms with E-state index >= 15 is 0 Å². The largest absolute Gasteiger partial charge is 0.392 e. The molecule has 2 heterocycles. The molecule has 0 aliphatic carbocycles. The zero-order valence-electron chi connectivity index (χ0n) is 6.95. The molecule has 0 spiro atoms. The van der Waals surface area contributed by atoms with Gasteiger partial charge in [0, 0.05) is 31.7 Å². The molecule has 0 aromatic carbocycles. The maximum atomic E-state index is 9.38. The quantitative estimate of drug-likeness (QED) is 0.492. The fourth-order valence-corrected chi connectivity index (χ4v) is 2.15. The third-order valence-corrected chi connectivity index (χ3v) is 2.72. The van der Waals surface area contributed by atoms with Gasteiger partial charge in [0.25, 0.3) is 0 Å². The lowest BCUT2D eigenvalue weighted by Crippen LogP contribution is -2.52. The number of hydrogen-bond acceptors (Lipinski definition) is 3. The number of hydrogen-bond donors (Lipinski definition) is 2. The number of rotatable bonds is 0. The second kappa shape index (κ2) is 2.73. The number of aliphatic hydroxyl groups excluding tert-OH is 1. The summed E-state index contributed by atoms with van der Waals surface area (Å²) in [5.41, 5.74) is 0. The Morgan fingerprint density at radius 3 is 3.09 bits per heavy atom. The summed E-state index contributed by atoms with van der Waals surface area (Å²) in [5.74, 6) is 0. The Bertz CT molecular complexity index is 151. The minimum atomic E-state index is -0.0768. The summed E-state index contributed by atoms with van der Waals surface area (Å²) in [4.78, 5) is 2.39. The van der Waals surface area contributed by atoms with Crippen molar-refractivity contribution < 1.29 is 5.11 Å². The van der Waals surface area contributed by atoms with E-state index in [1.54, 1.807) is 0 Å². The second-order valence-electron chi connectivity index (χ2n) is 3.81. The number of nitrogens with zero attached hydrogens (tertiary/aromatic N) is 1. The molecule has 0 bridgehead atoms. The Kier molecular flexibility index (Phi) is 1.87. The average Bonchev–Trinajstić information content (AvgIpc) is 2.27. The van der Waals surface area contributed by atoms with Crippen molar-refractivity contribution in [2.75, 3.05) is 19.6 Å². The topological polar surface area (TPSA) is 35.5 Å². The molecule has 3 heteroatoms. The first-order valence-electron chi connectivity index (χ1n) is 4.41. The maximum absolute atomic E-state index is 9.38. The Balaban J connectivity index is 1.97.